The molecule has 2 aliphatic heterocycles. The highest BCUT2D eigenvalue weighted by molar-refractivity contribution is 5.91. The third-order valence-electron chi connectivity index (χ3n) is 7.44. The summed E-state index contributed by atoms with van der Waals surface area (Å²) in [5.41, 5.74) is 2.25. The minimum atomic E-state index is -0.0318. The van der Waals surface area contributed by atoms with Crippen molar-refractivity contribution in [1.82, 2.24) is 20.2 Å². The Bertz CT molecular complexity index is 1140. The first-order valence-electron chi connectivity index (χ1n) is 13.1. The minimum absolute atomic E-state index is 0.000965. The average molecular weight is 493 g/mol. The van der Waals surface area contributed by atoms with Gasteiger partial charge in [0.25, 0.3) is 0 Å². The zero-order chi connectivity index (χ0) is 26.0. The Kier molecular flexibility index (Phi) is 7.52. The summed E-state index contributed by atoms with van der Waals surface area (Å²) < 4.78 is 0. The van der Waals surface area contributed by atoms with Crippen molar-refractivity contribution in [2.75, 3.05) is 43.4 Å². The molecular formula is C28H40N6O2. The monoisotopic (exact) mass is 492 g/mol. The summed E-state index contributed by atoms with van der Waals surface area (Å²) in [5, 5.41) is 7.32. The molecule has 3 heterocycles. The number of aromatic nitrogens is 2. The van der Waals surface area contributed by atoms with Gasteiger partial charge in [0.15, 0.2) is 0 Å². The molecule has 0 bridgehead atoms. The number of carbonyl (C=O) groups is 2. The van der Waals surface area contributed by atoms with Crippen LogP contribution in [-0.4, -0.2) is 66.0 Å². The molecule has 2 amide bonds. The van der Waals surface area contributed by atoms with Gasteiger partial charge in [-0.2, -0.15) is 4.98 Å². The maximum absolute atomic E-state index is 12.2. The van der Waals surface area contributed by atoms with Crippen molar-refractivity contribution >= 4 is 34.5 Å². The van der Waals surface area contributed by atoms with E-state index in [-0.39, 0.29) is 23.3 Å². The van der Waals surface area contributed by atoms with Crippen molar-refractivity contribution in [2.45, 2.75) is 58.9 Å². The largest absolute Gasteiger partial charge is 0.366 e. The number of likely N-dealkylation sites (tertiary alicyclic amines) is 1. The van der Waals surface area contributed by atoms with E-state index in [1.807, 2.05) is 4.90 Å². The highest BCUT2D eigenvalue weighted by Crippen LogP contribution is 2.41. The van der Waals surface area contributed by atoms with Gasteiger partial charge in [-0.1, -0.05) is 40.3 Å². The van der Waals surface area contributed by atoms with Crippen LogP contribution in [0, 0.1) is 11.3 Å². The van der Waals surface area contributed by atoms with Gasteiger partial charge < -0.3 is 20.4 Å². The van der Waals surface area contributed by atoms with Gasteiger partial charge in [0.2, 0.25) is 17.8 Å². The normalized spacial score (nSPS) is 17.5. The van der Waals surface area contributed by atoms with E-state index in [1.54, 1.807) is 7.05 Å². The Hall–Kier alpha value is -3.16. The van der Waals surface area contributed by atoms with E-state index in [0.29, 0.717) is 24.2 Å². The van der Waals surface area contributed by atoms with Gasteiger partial charge in [0.1, 0.15) is 5.82 Å². The van der Waals surface area contributed by atoms with Gasteiger partial charge in [-0.25, -0.2) is 4.98 Å². The number of carbonyl (C=O) groups excluding carboxylic acids is 2. The number of hydrogen-bond acceptors (Lipinski definition) is 6. The SMILES string of the molecule is C=CC(=O)N1CC2(CCN(c3nc(N[C@H](CC(=O)NC)CC(C)C)c4ccc(C(C)C)cc4n3)C2)C1. The van der Waals surface area contributed by atoms with Gasteiger partial charge in [0.05, 0.1) is 5.52 Å². The smallest absolute Gasteiger partial charge is 0.245 e. The summed E-state index contributed by atoms with van der Waals surface area (Å²) in [6.07, 6.45) is 3.65. The van der Waals surface area contributed by atoms with Crippen molar-refractivity contribution in [3.8, 4) is 0 Å². The molecule has 2 fully saturated rings. The van der Waals surface area contributed by atoms with Gasteiger partial charge in [0, 0.05) is 56.5 Å². The lowest BCUT2D eigenvalue weighted by molar-refractivity contribution is -0.136. The second kappa shape index (κ2) is 10.4. The molecule has 0 aliphatic carbocycles. The lowest BCUT2D eigenvalue weighted by atomic mass is 9.79. The number of anilines is 2. The second-order valence-corrected chi connectivity index (χ2v) is 11.2. The van der Waals surface area contributed by atoms with Crippen molar-refractivity contribution in [1.29, 1.82) is 0 Å². The van der Waals surface area contributed by atoms with Crippen LogP contribution < -0.4 is 15.5 Å². The summed E-state index contributed by atoms with van der Waals surface area (Å²) in [7, 11) is 1.67. The van der Waals surface area contributed by atoms with Gasteiger partial charge >= 0.3 is 0 Å². The van der Waals surface area contributed by atoms with Crippen molar-refractivity contribution in [2.24, 2.45) is 11.3 Å². The van der Waals surface area contributed by atoms with Crippen LogP contribution in [-0.2, 0) is 9.59 Å². The lowest BCUT2D eigenvalue weighted by Crippen LogP contribution is -2.59. The Morgan fingerprint density at radius 1 is 1.17 bits per heavy atom. The minimum Gasteiger partial charge on any atom is -0.366 e. The number of benzene rings is 1. The number of nitrogens with zero attached hydrogens (tertiary/aromatic N) is 4. The molecule has 36 heavy (non-hydrogen) atoms. The average Bonchev–Trinajstić information content (AvgIpc) is 3.27. The van der Waals surface area contributed by atoms with Crippen molar-refractivity contribution in [3.63, 3.8) is 0 Å². The molecule has 2 N–H and O–H groups in total. The summed E-state index contributed by atoms with van der Waals surface area (Å²) in [6.45, 7) is 15.5. The fourth-order valence-electron chi connectivity index (χ4n) is 5.44. The first-order chi connectivity index (χ1) is 17.1. The highest BCUT2D eigenvalue weighted by atomic mass is 16.2. The van der Waals surface area contributed by atoms with Crippen LogP contribution in [0.4, 0.5) is 11.8 Å². The fraction of sp³-hybridized carbons (Fsp3) is 0.571. The number of amides is 2. The van der Waals surface area contributed by atoms with Crippen LogP contribution in [0.1, 0.15) is 58.4 Å². The Morgan fingerprint density at radius 3 is 2.56 bits per heavy atom. The molecule has 0 unspecified atom stereocenters. The molecule has 4 rings (SSSR count). The molecule has 1 aromatic heterocycles. The highest BCUT2D eigenvalue weighted by Gasteiger charge is 2.49. The summed E-state index contributed by atoms with van der Waals surface area (Å²) in [4.78, 5) is 38.3. The lowest BCUT2D eigenvalue weighted by Gasteiger charge is -2.47. The first kappa shape index (κ1) is 25.9. The molecule has 2 aromatic rings. The van der Waals surface area contributed by atoms with E-state index >= 15 is 0 Å². The standard InChI is InChI=1S/C28H40N6O2/c1-7-25(36)34-16-28(17-34)10-11-33(15-28)27-31-23-13-20(19(4)5)8-9-22(23)26(32-27)30-21(12-18(2)3)14-24(35)29-6/h7-9,13,18-19,21H,1,10-12,14-17H2,2-6H3,(H,29,35)(H,30,31,32)/t21-/m0/s1. The predicted octanol–water partition coefficient (Wildman–Crippen LogP) is 3.94. The molecule has 8 nitrogen and oxygen atoms in total. The van der Waals surface area contributed by atoms with Gasteiger partial charge in [-0.3, -0.25) is 9.59 Å². The fourth-order valence-corrected chi connectivity index (χ4v) is 5.44. The van der Waals surface area contributed by atoms with E-state index in [4.69, 9.17) is 9.97 Å². The number of rotatable bonds is 9. The number of fused-ring (bicyclic) bond motifs is 1. The Balaban J connectivity index is 1.65. The van der Waals surface area contributed by atoms with Crippen LogP contribution in [0.15, 0.2) is 30.9 Å². The van der Waals surface area contributed by atoms with E-state index in [2.05, 4.69) is 68.0 Å². The molecular weight excluding hydrogens is 452 g/mol. The van der Waals surface area contributed by atoms with Crippen molar-refractivity contribution in [3.05, 3.63) is 36.4 Å². The van der Waals surface area contributed by atoms with E-state index in [9.17, 15) is 9.59 Å². The maximum atomic E-state index is 12.2. The molecule has 2 saturated heterocycles. The topological polar surface area (TPSA) is 90.5 Å². The van der Waals surface area contributed by atoms with E-state index < -0.39 is 0 Å². The van der Waals surface area contributed by atoms with Crippen LogP contribution in [0.3, 0.4) is 0 Å². The molecule has 0 radical (unpaired) electrons. The molecule has 1 spiro atoms. The van der Waals surface area contributed by atoms with Crippen LogP contribution in [0.5, 0.6) is 0 Å². The zero-order valence-corrected chi connectivity index (χ0v) is 22.3. The molecule has 0 saturated carbocycles. The van der Waals surface area contributed by atoms with Crippen molar-refractivity contribution < 1.29 is 9.59 Å². The van der Waals surface area contributed by atoms with Gasteiger partial charge in [-0.05, 0) is 48.4 Å². The summed E-state index contributed by atoms with van der Waals surface area (Å²) >= 11 is 0. The molecule has 2 aliphatic rings. The first-order valence-corrected chi connectivity index (χ1v) is 13.1. The molecule has 1 aromatic carbocycles. The third-order valence-corrected chi connectivity index (χ3v) is 7.44. The third kappa shape index (κ3) is 5.47. The quantitative estimate of drug-likeness (QED) is 0.516. The van der Waals surface area contributed by atoms with Crippen LogP contribution in [0.25, 0.3) is 10.9 Å². The van der Waals surface area contributed by atoms with E-state index in [0.717, 1.165) is 55.7 Å². The predicted molar refractivity (Wildman–Crippen MR) is 145 cm³/mol. The molecule has 194 valence electrons. The second-order valence-electron chi connectivity index (χ2n) is 11.2. The summed E-state index contributed by atoms with van der Waals surface area (Å²) in [6, 6.07) is 6.36. The molecule has 1 atom stereocenters. The summed E-state index contributed by atoms with van der Waals surface area (Å²) in [5.74, 6) is 2.33. The Labute approximate surface area is 214 Å². The van der Waals surface area contributed by atoms with E-state index in [1.165, 1.54) is 11.6 Å². The van der Waals surface area contributed by atoms with Crippen LogP contribution >= 0.6 is 0 Å². The number of hydrogen-bond donors (Lipinski definition) is 2. The van der Waals surface area contributed by atoms with Gasteiger partial charge in [-0.15, -0.1) is 0 Å². The Morgan fingerprint density at radius 2 is 1.92 bits per heavy atom. The number of nitrogens with one attached hydrogen (secondary N) is 2. The molecule has 8 heteroatoms. The maximum Gasteiger partial charge on any atom is 0.245 e. The van der Waals surface area contributed by atoms with Crippen LogP contribution in [0.2, 0.25) is 0 Å². The zero-order valence-electron chi connectivity index (χ0n) is 22.3.